The number of nitrogens with one attached hydrogen (secondary N) is 1. The normalized spacial score (nSPS) is 15.1. The van der Waals surface area contributed by atoms with Gasteiger partial charge in [0.15, 0.2) is 0 Å². The Morgan fingerprint density at radius 3 is 2.78 bits per heavy atom. The molecule has 0 spiro atoms. The average molecular weight is 247 g/mol. The fraction of sp³-hybridized carbons (Fsp3) is 0.571. The molecule has 2 rings (SSSR count). The fourth-order valence-electron chi connectivity index (χ4n) is 2.29. The molecule has 0 unspecified atom stereocenters. The lowest BCUT2D eigenvalue weighted by atomic mass is 9.85. The highest BCUT2D eigenvalue weighted by atomic mass is 16.2. The first-order valence-corrected chi connectivity index (χ1v) is 6.52. The summed E-state index contributed by atoms with van der Waals surface area (Å²) in [6.45, 7) is 2.78. The van der Waals surface area contributed by atoms with Crippen molar-refractivity contribution < 1.29 is 4.79 Å². The number of hydrogen-bond acceptors (Lipinski definition) is 3. The third-order valence-electron chi connectivity index (χ3n) is 3.56. The van der Waals surface area contributed by atoms with E-state index in [0.29, 0.717) is 11.5 Å². The number of pyridine rings is 1. The van der Waals surface area contributed by atoms with Gasteiger partial charge in [-0.2, -0.15) is 0 Å². The van der Waals surface area contributed by atoms with Crippen LogP contribution in [0.3, 0.4) is 0 Å². The van der Waals surface area contributed by atoms with Crippen molar-refractivity contribution in [3.8, 4) is 0 Å². The van der Waals surface area contributed by atoms with Gasteiger partial charge in [-0.25, -0.2) is 4.98 Å². The molecule has 4 heteroatoms. The number of carbonyl (C=O) groups excluding carboxylic acids is 1. The molecule has 18 heavy (non-hydrogen) atoms. The first-order chi connectivity index (χ1) is 8.60. The molecule has 0 radical (unpaired) electrons. The van der Waals surface area contributed by atoms with Crippen molar-refractivity contribution >= 4 is 11.7 Å². The maximum atomic E-state index is 12.3. The van der Waals surface area contributed by atoms with Crippen molar-refractivity contribution in [2.75, 3.05) is 26.0 Å². The molecule has 0 bridgehead atoms. The minimum atomic E-state index is 0.0869. The lowest BCUT2D eigenvalue weighted by Gasteiger charge is -2.30. The molecule has 98 valence electrons. The molecule has 1 aromatic rings. The Morgan fingerprint density at radius 2 is 2.22 bits per heavy atom. The zero-order chi connectivity index (χ0) is 13.1. The lowest BCUT2D eigenvalue weighted by Crippen LogP contribution is -2.34. The number of nitrogens with zero attached hydrogens (tertiary/aromatic N) is 2. The molecular formula is C14H21N3O. The minimum Gasteiger partial charge on any atom is -0.373 e. The van der Waals surface area contributed by atoms with Crippen molar-refractivity contribution in [3.63, 3.8) is 0 Å². The maximum absolute atomic E-state index is 12.3. The van der Waals surface area contributed by atoms with Gasteiger partial charge in [0, 0.05) is 31.9 Å². The summed E-state index contributed by atoms with van der Waals surface area (Å²) in [7, 11) is 3.70. The zero-order valence-electron chi connectivity index (χ0n) is 11.4. The third-order valence-corrected chi connectivity index (χ3v) is 3.56. The summed E-state index contributed by atoms with van der Waals surface area (Å²) in [4.78, 5) is 18.4. The van der Waals surface area contributed by atoms with E-state index in [4.69, 9.17) is 0 Å². The Bertz CT molecular complexity index is 441. The van der Waals surface area contributed by atoms with Gasteiger partial charge in [0.05, 0.1) is 0 Å². The molecule has 1 N–H and O–H groups in total. The van der Waals surface area contributed by atoms with E-state index in [2.05, 4.69) is 10.3 Å². The second-order valence-corrected chi connectivity index (χ2v) is 5.12. The molecular weight excluding hydrogens is 226 g/mol. The Kier molecular flexibility index (Phi) is 3.84. The second-order valence-electron chi connectivity index (χ2n) is 5.12. The van der Waals surface area contributed by atoms with Gasteiger partial charge in [-0.05, 0) is 37.8 Å². The van der Waals surface area contributed by atoms with Crippen LogP contribution in [0.4, 0.5) is 5.82 Å². The predicted octanol–water partition coefficient (Wildman–Crippen LogP) is 2.30. The summed E-state index contributed by atoms with van der Waals surface area (Å²) >= 11 is 0. The summed E-state index contributed by atoms with van der Waals surface area (Å²) in [5.41, 5.74) is 1.58. The molecule has 1 aliphatic carbocycles. The van der Waals surface area contributed by atoms with Gasteiger partial charge in [-0.1, -0.05) is 6.42 Å². The van der Waals surface area contributed by atoms with Crippen molar-refractivity contribution in [1.82, 2.24) is 9.88 Å². The van der Waals surface area contributed by atoms with E-state index in [0.717, 1.165) is 18.1 Å². The van der Waals surface area contributed by atoms with E-state index < -0.39 is 0 Å². The summed E-state index contributed by atoms with van der Waals surface area (Å²) < 4.78 is 0. The Balaban J connectivity index is 2.08. The van der Waals surface area contributed by atoms with Crippen LogP contribution in [-0.4, -0.2) is 36.4 Å². The monoisotopic (exact) mass is 247 g/mol. The summed E-state index contributed by atoms with van der Waals surface area (Å²) in [6, 6.07) is 3.66. The van der Waals surface area contributed by atoms with Crippen LogP contribution in [0, 0.1) is 12.8 Å². The van der Waals surface area contributed by atoms with Gasteiger partial charge in [0.2, 0.25) is 0 Å². The van der Waals surface area contributed by atoms with Gasteiger partial charge in [0.1, 0.15) is 5.82 Å². The lowest BCUT2D eigenvalue weighted by molar-refractivity contribution is 0.0745. The predicted molar refractivity (Wildman–Crippen MR) is 72.8 cm³/mol. The van der Waals surface area contributed by atoms with Gasteiger partial charge in [-0.15, -0.1) is 0 Å². The molecule has 0 aromatic carbocycles. The Morgan fingerprint density at radius 1 is 1.50 bits per heavy atom. The number of aromatic nitrogens is 1. The number of carbonyl (C=O) groups is 1. The quantitative estimate of drug-likeness (QED) is 0.888. The molecule has 0 aliphatic heterocycles. The number of rotatable bonds is 4. The van der Waals surface area contributed by atoms with Crippen LogP contribution in [0.25, 0.3) is 0 Å². The van der Waals surface area contributed by atoms with Crippen LogP contribution in [0.5, 0.6) is 0 Å². The van der Waals surface area contributed by atoms with Crippen molar-refractivity contribution in [2.45, 2.75) is 26.2 Å². The molecule has 1 aliphatic rings. The third kappa shape index (κ3) is 2.81. The molecule has 1 amide bonds. The molecule has 1 aromatic heterocycles. The highest BCUT2D eigenvalue weighted by Gasteiger charge is 2.22. The van der Waals surface area contributed by atoms with E-state index in [1.54, 1.807) is 0 Å². The Hall–Kier alpha value is -1.58. The van der Waals surface area contributed by atoms with Crippen LogP contribution in [-0.2, 0) is 0 Å². The van der Waals surface area contributed by atoms with E-state index in [-0.39, 0.29) is 5.91 Å². The molecule has 1 heterocycles. The van der Waals surface area contributed by atoms with Crippen molar-refractivity contribution in [2.24, 2.45) is 5.92 Å². The summed E-state index contributed by atoms with van der Waals surface area (Å²) in [5, 5.41) is 2.98. The van der Waals surface area contributed by atoms with Gasteiger partial charge in [0.25, 0.3) is 5.91 Å². The number of aryl methyl sites for hydroxylation is 1. The van der Waals surface area contributed by atoms with Gasteiger partial charge >= 0.3 is 0 Å². The van der Waals surface area contributed by atoms with Crippen LogP contribution in [0.15, 0.2) is 12.1 Å². The smallest absolute Gasteiger partial charge is 0.253 e. The number of anilines is 1. The molecule has 1 saturated carbocycles. The SMILES string of the molecule is CNc1cc(C(=O)N(C)CC2CCC2)cc(C)n1. The van der Waals surface area contributed by atoms with E-state index in [1.807, 2.05) is 38.1 Å². The maximum Gasteiger partial charge on any atom is 0.253 e. The van der Waals surface area contributed by atoms with E-state index >= 15 is 0 Å². The molecule has 0 atom stereocenters. The summed E-state index contributed by atoms with van der Waals surface area (Å²) in [6.07, 6.45) is 3.83. The second kappa shape index (κ2) is 5.38. The van der Waals surface area contributed by atoms with Crippen LogP contribution in [0.2, 0.25) is 0 Å². The average Bonchev–Trinajstić information content (AvgIpc) is 2.31. The molecule has 1 fully saturated rings. The first kappa shape index (κ1) is 12.9. The molecule has 0 saturated heterocycles. The van der Waals surface area contributed by atoms with Crippen molar-refractivity contribution in [3.05, 3.63) is 23.4 Å². The van der Waals surface area contributed by atoms with Gasteiger partial charge < -0.3 is 10.2 Å². The summed E-state index contributed by atoms with van der Waals surface area (Å²) in [5.74, 6) is 1.53. The van der Waals surface area contributed by atoms with E-state index in [9.17, 15) is 4.79 Å². The van der Waals surface area contributed by atoms with E-state index in [1.165, 1.54) is 19.3 Å². The fourth-order valence-corrected chi connectivity index (χ4v) is 2.29. The largest absolute Gasteiger partial charge is 0.373 e. The van der Waals surface area contributed by atoms with Crippen LogP contribution in [0.1, 0.15) is 35.3 Å². The standard InChI is InChI=1S/C14H21N3O/c1-10-7-12(8-13(15-2)16-10)14(18)17(3)9-11-5-4-6-11/h7-8,11H,4-6,9H2,1-3H3,(H,15,16). The Labute approximate surface area is 108 Å². The highest BCUT2D eigenvalue weighted by molar-refractivity contribution is 5.94. The van der Waals surface area contributed by atoms with Crippen LogP contribution >= 0.6 is 0 Å². The topological polar surface area (TPSA) is 45.2 Å². The highest BCUT2D eigenvalue weighted by Crippen LogP contribution is 2.27. The first-order valence-electron chi connectivity index (χ1n) is 6.52. The van der Waals surface area contributed by atoms with Gasteiger partial charge in [-0.3, -0.25) is 4.79 Å². The van der Waals surface area contributed by atoms with Crippen molar-refractivity contribution in [1.29, 1.82) is 0 Å². The number of hydrogen-bond donors (Lipinski definition) is 1. The van der Waals surface area contributed by atoms with Crippen LogP contribution < -0.4 is 5.32 Å². The minimum absolute atomic E-state index is 0.0869. The molecule has 4 nitrogen and oxygen atoms in total. The number of amides is 1. The zero-order valence-corrected chi connectivity index (χ0v) is 11.4.